The summed E-state index contributed by atoms with van der Waals surface area (Å²) in [4.78, 5) is 0.0684. The van der Waals surface area contributed by atoms with Gasteiger partial charge in [-0.05, 0) is 25.2 Å². The molecule has 0 aliphatic carbocycles. The van der Waals surface area contributed by atoms with Gasteiger partial charge in [-0.1, -0.05) is 143 Å². The molecule has 0 saturated heterocycles. The van der Waals surface area contributed by atoms with E-state index in [4.69, 9.17) is 11.6 Å². The largest absolute Gasteiger partial charge is 0.344 e. The van der Waals surface area contributed by atoms with Crippen LogP contribution in [0.25, 0.3) is 0 Å². The molecule has 178 valence electrons. The molecule has 0 aliphatic heterocycles. The molecular weight excluding hydrogens is 374 g/mol. The molecule has 0 rings (SSSR count). The standard InChI is InChI=1S/C27H55Cl.H3N/c1-5-8-11-14-17-20-23-26(4)27(28,24-21-18-15-12-9-6-2)25-22-19-16-13-10-7-3;/h26H,5-25H2,1-4H3;1H3. The zero-order valence-electron chi connectivity index (χ0n) is 21.0. The van der Waals surface area contributed by atoms with Crippen molar-refractivity contribution in [2.75, 3.05) is 0 Å². The Bertz CT molecular complexity index is 289. The highest BCUT2D eigenvalue weighted by Crippen LogP contribution is 2.39. The van der Waals surface area contributed by atoms with Gasteiger partial charge in [0.25, 0.3) is 0 Å². The van der Waals surface area contributed by atoms with Gasteiger partial charge >= 0.3 is 0 Å². The summed E-state index contributed by atoms with van der Waals surface area (Å²) < 4.78 is 0. The number of halogens is 1. The zero-order valence-corrected chi connectivity index (χ0v) is 21.8. The van der Waals surface area contributed by atoms with Crippen LogP contribution >= 0.6 is 11.6 Å². The first-order valence-electron chi connectivity index (χ1n) is 13.3. The van der Waals surface area contributed by atoms with Crippen LogP contribution in [-0.4, -0.2) is 4.87 Å². The molecule has 0 amide bonds. The van der Waals surface area contributed by atoms with E-state index in [0.29, 0.717) is 5.92 Å². The highest BCUT2D eigenvalue weighted by molar-refractivity contribution is 6.24. The third-order valence-electron chi connectivity index (χ3n) is 6.77. The van der Waals surface area contributed by atoms with Gasteiger partial charge in [-0.3, -0.25) is 0 Å². The Hall–Kier alpha value is 0.250. The van der Waals surface area contributed by atoms with Crippen LogP contribution in [0.3, 0.4) is 0 Å². The first-order chi connectivity index (χ1) is 13.6. The normalized spacial score (nSPS) is 12.7. The fourth-order valence-corrected chi connectivity index (χ4v) is 4.88. The summed E-state index contributed by atoms with van der Waals surface area (Å²) in [7, 11) is 0. The Kier molecular flexibility index (Phi) is 24.9. The molecule has 0 heterocycles. The Labute approximate surface area is 191 Å². The summed E-state index contributed by atoms with van der Waals surface area (Å²) in [5.74, 6) is 0.673. The molecule has 0 aromatic carbocycles. The van der Waals surface area contributed by atoms with Crippen molar-refractivity contribution in [3.63, 3.8) is 0 Å². The first-order valence-corrected chi connectivity index (χ1v) is 13.7. The first kappa shape index (κ1) is 31.4. The van der Waals surface area contributed by atoms with Gasteiger partial charge in [-0.2, -0.15) is 0 Å². The summed E-state index contributed by atoms with van der Waals surface area (Å²) in [5.41, 5.74) is 0. The van der Waals surface area contributed by atoms with Crippen LogP contribution in [-0.2, 0) is 0 Å². The Balaban J connectivity index is 0. The maximum atomic E-state index is 7.33. The third-order valence-corrected chi connectivity index (χ3v) is 7.52. The lowest BCUT2D eigenvalue weighted by molar-refractivity contribution is 0.304. The summed E-state index contributed by atoms with van der Waals surface area (Å²) in [6.07, 6.45) is 28.8. The number of alkyl halides is 1. The van der Waals surface area contributed by atoms with Gasteiger partial charge in [-0.25, -0.2) is 0 Å². The van der Waals surface area contributed by atoms with E-state index in [0.717, 1.165) is 0 Å². The van der Waals surface area contributed by atoms with E-state index in [1.54, 1.807) is 0 Å². The van der Waals surface area contributed by atoms with E-state index in [-0.39, 0.29) is 11.0 Å². The molecular formula is C27H58ClN. The number of rotatable bonds is 22. The van der Waals surface area contributed by atoms with Crippen molar-refractivity contribution in [3.8, 4) is 0 Å². The lowest BCUT2D eigenvalue weighted by Crippen LogP contribution is -2.30. The molecule has 0 spiro atoms. The van der Waals surface area contributed by atoms with Crippen molar-refractivity contribution < 1.29 is 0 Å². The van der Waals surface area contributed by atoms with Crippen LogP contribution in [0.1, 0.15) is 163 Å². The second-order valence-electron chi connectivity index (χ2n) is 9.53. The molecule has 0 saturated carbocycles. The van der Waals surface area contributed by atoms with Crippen LogP contribution < -0.4 is 6.15 Å². The fourth-order valence-electron chi connectivity index (χ4n) is 4.51. The monoisotopic (exact) mass is 431 g/mol. The molecule has 29 heavy (non-hydrogen) atoms. The van der Waals surface area contributed by atoms with E-state index in [2.05, 4.69) is 27.7 Å². The highest BCUT2D eigenvalue weighted by atomic mass is 35.5. The molecule has 0 aromatic heterocycles. The minimum Gasteiger partial charge on any atom is -0.344 e. The molecule has 0 radical (unpaired) electrons. The van der Waals surface area contributed by atoms with E-state index < -0.39 is 0 Å². The summed E-state index contributed by atoms with van der Waals surface area (Å²) in [6.45, 7) is 9.35. The third kappa shape index (κ3) is 18.7. The molecule has 0 aliphatic rings. The second kappa shape index (κ2) is 22.9. The molecule has 0 aromatic rings. The van der Waals surface area contributed by atoms with Crippen LogP contribution in [0, 0.1) is 5.92 Å². The summed E-state index contributed by atoms with van der Waals surface area (Å²) in [6, 6.07) is 0. The predicted octanol–water partition coefficient (Wildman–Crippen LogP) is 11.0. The SMILES string of the molecule is CCCCCCCCC(C)C(Cl)(CCCCCCCC)CCCCCCCC.N. The molecule has 0 fully saturated rings. The van der Waals surface area contributed by atoms with Crippen molar-refractivity contribution >= 4 is 11.6 Å². The summed E-state index contributed by atoms with van der Waals surface area (Å²) in [5, 5.41) is 0. The van der Waals surface area contributed by atoms with Gasteiger partial charge in [0.2, 0.25) is 0 Å². The number of unbranched alkanes of at least 4 members (excludes halogenated alkanes) is 15. The number of hydrogen-bond donors (Lipinski definition) is 1. The van der Waals surface area contributed by atoms with Crippen LogP contribution in [0.5, 0.6) is 0 Å². The van der Waals surface area contributed by atoms with Crippen molar-refractivity contribution in [1.82, 2.24) is 6.15 Å². The molecule has 1 unspecified atom stereocenters. The predicted molar refractivity (Wildman–Crippen MR) is 137 cm³/mol. The average Bonchev–Trinajstić information content (AvgIpc) is 2.69. The minimum atomic E-state index is 0. The molecule has 0 bridgehead atoms. The van der Waals surface area contributed by atoms with Crippen molar-refractivity contribution in [3.05, 3.63) is 0 Å². The lowest BCUT2D eigenvalue weighted by Gasteiger charge is -2.34. The van der Waals surface area contributed by atoms with E-state index >= 15 is 0 Å². The molecule has 1 atom stereocenters. The van der Waals surface area contributed by atoms with Gasteiger partial charge < -0.3 is 6.15 Å². The van der Waals surface area contributed by atoms with Gasteiger partial charge in [-0.15, -0.1) is 11.6 Å². The number of hydrogen-bond acceptors (Lipinski definition) is 1. The molecule has 3 N–H and O–H groups in total. The quantitative estimate of drug-likeness (QED) is 0.134. The topological polar surface area (TPSA) is 35.0 Å². The van der Waals surface area contributed by atoms with E-state index in [1.165, 1.54) is 135 Å². The average molecular weight is 432 g/mol. The smallest absolute Gasteiger partial charge is 0.0472 e. The van der Waals surface area contributed by atoms with Crippen LogP contribution in [0.2, 0.25) is 0 Å². The van der Waals surface area contributed by atoms with Gasteiger partial charge in [0.1, 0.15) is 0 Å². The van der Waals surface area contributed by atoms with Crippen molar-refractivity contribution in [2.24, 2.45) is 5.92 Å². The zero-order chi connectivity index (χ0) is 20.9. The van der Waals surface area contributed by atoms with Crippen molar-refractivity contribution in [2.45, 2.75) is 167 Å². The van der Waals surface area contributed by atoms with E-state index in [1.807, 2.05) is 0 Å². The van der Waals surface area contributed by atoms with E-state index in [9.17, 15) is 0 Å². The maximum absolute atomic E-state index is 7.33. The molecule has 1 nitrogen and oxygen atoms in total. The highest BCUT2D eigenvalue weighted by Gasteiger charge is 2.32. The van der Waals surface area contributed by atoms with Crippen LogP contribution in [0.15, 0.2) is 0 Å². The van der Waals surface area contributed by atoms with Gasteiger partial charge in [0, 0.05) is 4.87 Å². The maximum Gasteiger partial charge on any atom is 0.0472 e. The Morgan fingerprint density at radius 3 is 1.21 bits per heavy atom. The van der Waals surface area contributed by atoms with Crippen molar-refractivity contribution in [1.29, 1.82) is 0 Å². The van der Waals surface area contributed by atoms with Crippen LogP contribution in [0.4, 0.5) is 0 Å². The van der Waals surface area contributed by atoms with Gasteiger partial charge in [0.05, 0.1) is 0 Å². The minimum absolute atomic E-state index is 0. The van der Waals surface area contributed by atoms with Gasteiger partial charge in [0.15, 0.2) is 0 Å². The fraction of sp³-hybridized carbons (Fsp3) is 1.00. The Morgan fingerprint density at radius 1 is 0.517 bits per heavy atom. The second-order valence-corrected chi connectivity index (χ2v) is 10.3. The lowest BCUT2D eigenvalue weighted by atomic mass is 9.81. The summed E-state index contributed by atoms with van der Waals surface area (Å²) >= 11 is 7.33. The molecule has 2 heteroatoms. The Morgan fingerprint density at radius 2 is 0.828 bits per heavy atom.